The van der Waals surface area contributed by atoms with Crippen LogP contribution < -0.4 is 0 Å². The van der Waals surface area contributed by atoms with E-state index in [1.807, 2.05) is 6.07 Å². The van der Waals surface area contributed by atoms with Gasteiger partial charge >= 0.3 is 12.0 Å². The number of azo groups is 1. The van der Waals surface area contributed by atoms with Gasteiger partial charge in [-0.1, -0.05) is 23.3 Å². The molecule has 0 spiro atoms. The van der Waals surface area contributed by atoms with E-state index < -0.39 is 18.0 Å². The van der Waals surface area contributed by atoms with Gasteiger partial charge in [-0.05, 0) is 25.0 Å². The van der Waals surface area contributed by atoms with Crippen molar-refractivity contribution in [3.63, 3.8) is 0 Å². The molecule has 0 radical (unpaired) electrons. The Morgan fingerprint density at radius 3 is 2.67 bits per heavy atom. The number of hydrogen-bond donors (Lipinski definition) is 1. The second-order valence-corrected chi connectivity index (χ2v) is 4.01. The van der Waals surface area contributed by atoms with Crippen LogP contribution >= 0.6 is 0 Å². The highest BCUT2D eigenvalue weighted by molar-refractivity contribution is 5.83. The molecule has 6 nitrogen and oxygen atoms in total. The number of aliphatic carboxylic acids is 1. The average Bonchev–Trinajstić information content (AvgIpc) is 2.86. The molecule has 6 heteroatoms. The molecular formula is C12H13N3O3. The fourth-order valence-electron chi connectivity index (χ4n) is 1.91. The van der Waals surface area contributed by atoms with Crippen LogP contribution in [0.15, 0.2) is 40.6 Å². The second-order valence-electron chi connectivity index (χ2n) is 4.01. The highest BCUT2D eigenvalue weighted by Crippen LogP contribution is 2.19. The summed E-state index contributed by atoms with van der Waals surface area (Å²) in [6, 6.07) is 7.48. The molecule has 0 aliphatic carbocycles. The van der Waals surface area contributed by atoms with Crippen molar-refractivity contribution in [3.8, 4) is 0 Å². The van der Waals surface area contributed by atoms with Crippen LogP contribution in [0.3, 0.4) is 0 Å². The van der Waals surface area contributed by atoms with Crippen LogP contribution in [0.2, 0.25) is 0 Å². The first-order valence-electron chi connectivity index (χ1n) is 5.68. The number of rotatable bonds is 2. The minimum Gasteiger partial charge on any atom is -0.480 e. The number of hydrogen-bond acceptors (Lipinski definition) is 3. The molecule has 1 aliphatic heterocycles. The van der Waals surface area contributed by atoms with Gasteiger partial charge < -0.3 is 10.0 Å². The van der Waals surface area contributed by atoms with E-state index in [9.17, 15) is 9.59 Å². The Kier molecular flexibility index (Phi) is 3.66. The maximum atomic E-state index is 11.7. The van der Waals surface area contributed by atoms with E-state index in [1.54, 1.807) is 24.3 Å². The molecule has 1 aromatic rings. The van der Waals surface area contributed by atoms with E-state index in [4.69, 9.17) is 5.11 Å². The number of carboxylic acids is 1. The summed E-state index contributed by atoms with van der Waals surface area (Å²) in [5, 5.41) is 16.3. The van der Waals surface area contributed by atoms with E-state index in [0.717, 1.165) is 0 Å². The Bertz CT molecular complexity index is 473. The van der Waals surface area contributed by atoms with E-state index in [1.165, 1.54) is 4.90 Å². The predicted octanol–water partition coefficient (Wildman–Crippen LogP) is 2.44. The Morgan fingerprint density at radius 2 is 2.00 bits per heavy atom. The number of nitrogens with zero attached hydrogens (tertiary/aromatic N) is 3. The third-order valence-corrected chi connectivity index (χ3v) is 2.79. The maximum Gasteiger partial charge on any atom is 0.362 e. The smallest absolute Gasteiger partial charge is 0.362 e. The summed E-state index contributed by atoms with van der Waals surface area (Å²) in [5.74, 6) is -0.990. The molecular weight excluding hydrogens is 234 g/mol. The summed E-state index contributed by atoms with van der Waals surface area (Å²) in [6.07, 6.45) is 1.16. The SMILES string of the molecule is O=C(O)[C@@H]1CCCN1C(=O)N=Nc1ccccc1. The van der Waals surface area contributed by atoms with Gasteiger partial charge in [0.2, 0.25) is 0 Å². The van der Waals surface area contributed by atoms with Crippen LogP contribution in [0.4, 0.5) is 10.5 Å². The number of carbonyl (C=O) groups excluding carboxylic acids is 1. The molecule has 0 saturated carbocycles. The number of urea groups is 1. The third-order valence-electron chi connectivity index (χ3n) is 2.79. The van der Waals surface area contributed by atoms with Crippen LogP contribution in [-0.2, 0) is 4.79 Å². The molecule has 1 heterocycles. The molecule has 1 fully saturated rings. The van der Waals surface area contributed by atoms with Crippen LogP contribution in [0, 0.1) is 0 Å². The quantitative estimate of drug-likeness (QED) is 0.815. The van der Waals surface area contributed by atoms with Gasteiger partial charge in [-0.15, -0.1) is 5.11 Å². The summed E-state index contributed by atoms with van der Waals surface area (Å²) in [5.41, 5.74) is 0.567. The van der Waals surface area contributed by atoms with Crippen LogP contribution in [0.5, 0.6) is 0 Å². The number of carboxylic acid groups (broad SMARTS) is 1. The minimum atomic E-state index is -0.990. The average molecular weight is 247 g/mol. The zero-order chi connectivity index (χ0) is 13.0. The molecule has 18 heavy (non-hydrogen) atoms. The van der Waals surface area contributed by atoms with Crippen LogP contribution in [0.25, 0.3) is 0 Å². The number of benzene rings is 1. The predicted molar refractivity (Wildman–Crippen MR) is 63.7 cm³/mol. The van der Waals surface area contributed by atoms with Gasteiger partial charge in [-0.2, -0.15) is 0 Å². The second kappa shape index (κ2) is 5.39. The zero-order valence-electron chi connectivity index (χ0n) is 9.69. The van der Waals surface area contributed by atoms with Gasteiger partial charge in [0.1, 0.15) is 6.04 Å². The first-order valence-corrected chi connectivity index (χ1v) is 5.68. The highest BCUT2D eigenvalue weighted by Gasteiger charge is 2.33. The summed E-state index contributed by atoms with van der Waals surface area (Å²) in [6.45, 7) is 0.420. The van der Waals surface area contributed by atoms with E-state index in [2.05, 4.69) is 10.2 Å². The standard InChI is InChI=1S/C12H13N3O3/c16-11(17)10-7-4-8-15(10)12(18)14-13-9-5-2-1-3-6-9/h1-3,5-6,10H,4,7-8H2,(H,16,17)/t10-/m0/s1. The van der Waals surface area contributed by atoms with Crippen molar-refractivity contribution in [1.29, 1.82) is 0 Å². The lowest BCUT2D eigenvalue weighted by Crippen LogP contribution is -2.38. The first kappa shape index (κ1) is 12.2. The number of likely N-dealkylation sites (tertiary alicyclic amines) is 1. The largest absolute Gasteiger partial charge is 0.480 e. The lowest BCUT2D eigenvalue weighted by Gasteiger charge is -2.17. The van der Waals surface area contributed by atoms with Gasteiger partial charge in [-0.3, -0.25) is 0 Å². The van der Waals surface area contributed by atoms with Crippen molar-refractivity contribution in [2.45, 2.75) is 18.9 Å². The molecule has 1 N–H and O–H groups in total. The molecule has 1 atom stereocenters. The van der Waals surface area contributed by atoms with Crippen molar-refractivity contribution < 1.29 is 14.7 Å². The van der Waals surface area contributed by atoms with Crippen molar-refractivity contribution in [3.05, 3.63) is 30.3 Å². The Balaban J connectivity index is 2.04. The molecule has 2 rings (SSSR count). The summed E-state index contributed by atoms with van der Waals surface area (Å²) in [7, 11) is 0. The molecule has 1 aliphatic rings. The van der Waals surface area contributed by atoms with Crippen molar-refractivity contribution >= 4 is 17.7 Å². The normalized spacial score (nSPS) is 19.3. The molecule has 0 unspecified atom stereocenters. The first-order chi connectivity index (χ1) is 8.68. The van der Waals surface area contributed by atoms with E-state index in [-0.39, 0.29) is 0 Å². The molecule has 0 bridgehead atoms. The van der Waals surface area contributed by atoms with Gasteiger partial charge in [0.05, 0.1) is 5.69 Å². The molecule has 1 saturated heterocycles. The number of amides is 2. The molecule has 94 valence electrons. The molecule has 0 aromatic heterocycles. The van der Waals surface area contributed by atoms with E-state index >= 15 is 0 Å². The Morgan fingerprint density at radius 1 is 1.28 bits per heavy atom. The Labute approximate surface area is 104 Å². The third kappa shape index (κ3) is 2.71. The Hall–Kier alpha value is -2.24. The van der Waals surface area contributed by atoms with Gasteiger partial charge in [0.25, 0.3) is 0 Å². The van der Waals surface area contributed by atoms with Gasteiger partial charge in [0.15, 0.2) is 0 Å². The number of carbonyl (C=O) groups is 2. The van der Waals surface area contributed by atoms with Crippen molar-refractivity contribution in [2.75, 3.05) is 6.54 Å². The summed E-state index contributed by atoms with van der Waals surface area (Å²) in [4.78, 5) is 23.9. The molecule has 2 amide bonds. The lowest BCUT2D eigenvalue weighted by molar-refractivity contribution is -0.141. The molecule has 1 aromatic carbocycles. The minimum absolute atomic E-state index is 0.420. The van der Waals surface area contributed by atoms with Gasteiger partial charge in [-0.25, -0.2) is 9.59 Å². The lowest BCUT2D eigenvalue weighted by atomic mass is 10.2. The monoisotopic (exact) mass is 247 g/mol. The van der Waals surface area contributed by atoms with Crippen molar-refractivity contribution in [1.82, 2.24) is 4.90 Å². The highest BCUT2D eigenvalue weighted by atomic mass is 16.4. The summed E-state index contributed by atoms with van der Waals surface area (Å²) >= 11 is 0. The van der Waals surface area contributed by atoms with Crippen LogP contribution in [0.1, 0.15) is 12.8 Å². The van der Waals surface area contributed by atoms with E-state index in [0.29, 0.717) is 25.1 Å². The summed E-state index contributed by atoms with van der Waals surface area (Å²) < 4.78 is 0. The van der Waals surface area contributed by atoms with Crippen LogP contribution in [-0.4, -0.2) is 34.6 Å². The maximum absolute atomic E-state index is 11.7. The fourth-order valence-corrected chi connectivity index (χ4v) is 1.91. The zero-order valence-corrected chi connectivity index (χ0v) is 9.69. The fraction of sp³-hybridized carbons (Fsp3) is 0.333. The topological polar surface area (TPSA) is 82.3 Å². The van der Waals surface area contributed by atoms with Gasteiger partial charge in [0, 0.05) is 6.54 Å². The van der Waals surface area contributed by atoms with Crippen molar-refractivity contribution in [2.24, 2.45) is 10.2 Å².